The van der Waals surface area contributed by atoms with Crippen molar-refractivity contribution < 1.29 is 37.1 Å². The number of benzene rings is 6. The number of carbonyl (C=O) groups is 2. The number of esters is 1. The molecule has 10 nitrogen and oxygen atoms in total. The van der Waals surface area contributed by atoms with Crippen LogP contribution in [0.2, 0.25) is 0 Å². The van der Waals surface area contributed by atoms with Gasteiger partial charge in [-0.1, -0.05) is 60.7 Å². The van der Waals surface area contributed by atoms with Crippen LogP contribution in [0.15, 0.2) is 132 Å². The van der Waals surface area contributed by atoms with Crippen LogP contribution in [0, 0.1) is 6.92 Å². The van der Waals surface area contributed by atoms with Crippen molar-refractivity contribution in [1.29, 1.82) is 0 Å². The van der Waals surface area contributed by atoms with Crippen molar-refractivity contribution in [2.45, 2.75) is 12.3 Å². The zero-order chi connectivity index (χ0) is 35.3. The quantitative estimate of drug-likeness (QED) is 0.0767. The highest BCUT2D eigenvalue weighted by molar-refractivity contribution is 5.96. The van der Waals surface area contributed by atoms with Gasteiger partial charge in [-0.3, -0.25) is 4.79 Å². The monoisotopic (exact) mass is 686 g/mol. The van der Waals surface area contributed by atoms with Crippen LogP contribution in [0.25, 0.3) is 44.2 Å². The van der Waals surface area contributed by atoms with Crippen LogP contribution in [0.5, 0.6) is 23.0 Å². The molecule has 250 valence electrons. The van der Waals surface area contributed by atoms with Gasteiger partial charge in [0.1, 0.15) is 0 Å². The van der Waals surface area contributed by atoms with E-state index < -0.39 is 22.6 Å². The number of aryl methyl sites for hydroxylation is 1. The van der Waals surface area contributed by atoms with Crippen molar-refractivity contribution in [3.63, 3.8) is 0 Å². The maximum atomic E-state index is 12.4. The topological polar surface area (TPSA) is 135 Å². The summed E-state index contributed by atoms with van der Waals surface area (Å²) in [7, 11) is 0. The van der Waals surface area contributed by atoms with Crippen molar-refractivity contribution in [2.24, 2.45) is 0 Å². The molecule has 0 spiro atoms. The van der Waals surface area contributed by atoms with Gasteiger partial charge in [-0.25, -0.2) is 14.4 Å². The lowest BCUT2D eigenvalue weighted by Crippen LogP contribution is -2.28. The Morgan fingerprint density at radius 2 is 1.15 bits per heavy atom. The molecular formula is C42H22O10. The smallest absolute Gasteiger partial charge is 0.347 e. The van der Waals surface area contributed by atoms with E-state index in [-0.39, 0.29) is 28.4 Å². The van der Waals surface area contributed by atoms with E-state index in [0.29, 0.717) is 45.3 Å². The highest BCUT2D eigenvalue weighted by Crippen LogP contribution is 2.58. The molecule has 0 radical (unpaired) electrons. The normalized spacial score (nSPS) is 13.5. The summed E-state index contributed by atoms with van der Waals surface area (Å²) < 4.78 is 34.6. The average molecular weight is 687 g/mol. The van der Waals surface area contributed by atoms with E-state index in [1.165, 1.54) is 18.2 Å². The predicted octanol–water partition coefficient (Wildman–Crippen LogP) is 8.53. The van der Waals surface area contributed by atoms with Crippen LogP contribution in [0.4, 0.5) is 0 Å². The maximum absolute atomic E-state index is 12.4. The third-order valence-electron chi connectivity index (χ3n) is 9.96. The molecule has 0 saturated heterocycles. The molecule has 6 aromatic carbocycles. The number of fused-ring (bicyclic) bond motifs is 8. The first-order valence-corrected chi connectivity index (χ1v) is 16.3. The van der Waals surface area contributed by atoms with Crippen LogP contribution in [0.1, 0.15) is 38.2 Å². The SMILES string of the molecule is Cc1cc2c(cc1C(=O)OC=O)Oc1ccc(C3(c4ccc5oc6cc7c(=O)oc(=O)c7cc6oc5c4)c4ccccc4-c4ccccc43)cc1O2. The third-order valence-corrected chi connectivity index (χ3v) is 9.96. The van der Waals surface area contributed by atoms with Crippen molar-refractivity contribution >= 4 is 45.5 Å². The molecule has 0 bridgehead atoms. The van der Waals surface area contributed by atoms with E-state index in [1.807, 2.05) is 60.7 Å². The van der Waals surface area contributed by atoms with Gasteiger partial charge in [-0.15, -0.1) is 0 Å². The lowest BCUT2D eigenvalue weighted by Gasteiger charge is -2.34. The first-order chi connectivity index (χ1) is 25.3. The van der Waals surface area contributed by atoms with Gasteiger partial charge in [0.15, 0.2) is 45.3 Å². The second kappa shape index (κ2) is 10.6. The van der Waals surface area contributed by atoms with Gasteiger partial charge in [-0.2, -0.15) is 0 Å². The molecule has 2 aliphatic rings. The fraction of sp³-hybridized carbons (Fsp3) is 0.0476. The van der Waals surface area contributed by atoms with Gasteiger partial charge in [0.2, 0.25) is 0 Å². The molecule has 1 aliphatic heterocycles. The van der Waals surface area contributed by atoms with E-state index in [1.54, 1.807) is 13.0 Å². The minimum Gasteiger partial charge on any atom is -0.449 e. The highest BCUT2D eigenvalue weighted by Gasteiger charge is 2.46. The van der Waals surface area contributed by atoms with Crippen LogP contribution in [-0.2, 0) is 14.9 Å². The van der Waals surface area contributed by atoms with E-state index >= 15 is 0 Å². The standard InChI is InChI=1S/C42H22O10/c1-21-14-33-36(17-26(21)39(44)47-20-43)48-31-12-10-22(15-34(31)50-33)42(29-8-4-2-6-24(29)25-7-3-5-9-30(25)42)23-11-13-32-35(16-23)51-38-19-28-27(18-37(38)49-32)40(45)52-41(28)46/h2-20H,1H3. The Labute approximate surface area is 292 Å². The molecule has 10 heteroatoms. The third kappa shape index (κ3) is 4.06. The molecule has 0 saturated carbocycles. The van der Waals surface area contributed by atoms with Crippen molar-refractivity contribution in [2.75, 3.05) is 0 Å². The summed E-state index contributed by atoms with van der Waals surface area (Å²) in [4.78, 5) is 47.7. The Balaban J connectivity index is 1.18. The van der Waals surface area contributed by atoms with Gasteiger partial charge >= 0.3 is 23.7 Å². The van der Waals surface area contributed by atoms with Gasteiger partial charge in [0, 0.05) is 12.1 Å². The molecule has 52 heavy (non-hydrogen) atoms. The molecule has 1 aliphatic carbocycles. The minimum atomic E-state index is -0.864. The lowest BCUT2D eigenvalue weighted by atomic mass is 9.67. The van der Waals surface area contributed by atoms with Crippen LogP contribution in [0.3, 0.4) is 0 Å². The van der Waals surface area contributed by atoms with Gasteiger partial charge < -0.3 is 27.5 Å². The van der Waals surface area contributed by atoms with Crippen molar-refractivity contribution in [3.05, 3.63) is 163 Å². The molecule has 0 unspecified atom stereocenters. The van der Waals surface area contributed by atoms with E-state index in [2.05, 4.69) is 29.0 Å². The first-order valence-electron chi connectivity index (χ1n) is 16.3. The Hall–Kier alpha value is -7.20. The number of carbonyl (C=O) groups excluding carboxylic acids is 2. The van der Waals surface area contributed by atoms with E-state index in [0.717, 1.165) is 33.4 Å². The lowest BCUT2D eigenvalue weighted by molar-refractivity contribution is -0.123. The molecule has 2 aromatic heterocycles. The number of furan rings is 1. The molecule has 8 aromatic rings. The largest absolute Gasteiger partial charge is 0.449 e. The number of rotatable bonds is 4. The Morgan fingerprint density at radius 3 is 1.85 bits per heavy atom. The molecule has 0 fully saturated rings. The van der Waals surface area contributed by atoms with Gasteiger partial charge in [0.05, 0.1) is 21.8 Å². The number of ether oxygens (including phenoxy) is 3. The van der Waals surface area contributed by atoms with Crippen LogP contribution >= 0.6 is 0 Å². The van der Waals surface area contributed by atoms with Crippen LogP contribution < -0.4 is 20.7 Å². The summed E-state index contributed by atoms with van der Waals surface area (Å²) in [5, 5.41) is 0.245. The predicted molar refractivity (Wildman–Crippen MR) is 188 cm³/mol. The zero-order valence-electron chi connectivity index (χ0n) is 27.1. The molecule has 0 amide bonds. The maximum Gasteiger partial charge on any atom is 0.347 e. The fourth-order valence-electron chi connectivity index (χ4n) is 7.71. The number of hydrogen-bond acceptors (Lipinski definition) is 10. The summed E-state index contributed by atoms with van der Waals surface area (Å²) in [5.41, 5.74) is 5.84. The Morgan fingerprint density at radius 1 is 0.596 bits per heavy atom. The summed E-state index contributed by atoms with van der Waals surface area (Å²) >= 11 is 0. The minimum absolute atomic E-state index is 0.0945. The molecule has 0 atom stereocenters. The molecular weight excluding hydrogens is 664 g/mol. The van der Waals surface area contributed by atoms with Crippen molar-refractivity contribution in [1.82, 2.24) is 0 Å². The van der Waals surface area contributed by atoms with E-state index in [4.69, 9.17) is 22.7 Å². The summed E-state index contributed by atoms with van der Waals surface area (Å²) in [6.07, 6.45) is 0. The summed E-state index contributed by atoms with van der Waals surface area (Å²) in [6.45, 7) is 1.81. The van der Waals surface area contributed by atoms with Gasteiger partial charge in [0.25, 0.3) is 0 Å². The first kappa shape index (κ1) is 29.7. The Bertz CT molecular complexity index is 2950. The average Bonchev–Trinajstić information content (AvgIpc) is 3.61. The van der Waals surface area contributed by atoms with Crippen LogP contribution in [-0.4, -0.2) is 12.4 Å². The second-order valence-electron chi connectivity index (χ2n) is 12.7. The molecule has 0 N–H and O–H groups in total. The Kier molecular flexibility index (Phi) is 6.08. The van der Waals surface area contributed by atoms with E-state index in [9.17, 15) is 19.2 Å². The molecule has 3 heterocycles. The second-order valence-corrected chi connectivity index (χ2v) is 12.7. The number of hydrogen-bond donors (Lipinski definition) is 0. The molecule has 10 rings (SSSR count). The summed E-state index contributed by atoms with van der Waals surface area (Å²) in [5.74, 6) is 0.833. The fourth-order valence-corrected chi connectivity index (χ4v) is 7.71. The summed E-state index contributed by atoms with van der Waals surface area (Å²) in [6, 6.07) is 34.1. The van der Waals surface area contributed by atoms with Crippen molar-refractivity contribution in [3.8, 4) is 34.1 Å². The highest BCUT2D eigenvalue weighted by atomic mass is 16.6. The zero-order valence-corrected chi connectivity index (χ0v) is 27.1. The van der Waals surface area contributed by atoms with Gasteiger partial charge in [-0.05, 0) is 82.3 Å².